The van der Waals surface area contributed by atoms with E-state index in [9.17, 15) is 19.2 Å². The van der Waals surface area contributed by atoms with Gasteiger partial charge in [0.05, 0.1) is 17.3 Å². The van der Waals surface area contributed by atoms with Gasteiger partial charge in [0.15, 0.2) is 11.5 Å². The number of primary amides is 1. The zero-order valence-corrected chi connectivity index (χ0v) is 27.3. The van der Waals surface area contributed by atoms with E-state index in [2.05, 4.69) is 34.1 Å². The van der Waals surface area contributed by atoms with Crippen LogP contribution < -0.4 is 21.3 Å². The molecule has 1 saturated carbocycles. The summed E-state index contributed by atoms with van der Waals surface area (Å²) in [6.07, 6.45) is 4.28. The standard InChI is InChI=1S/C37H38N6O6/c1-4-32(44)41-29-17-18-30(23(29)2)43(3)31-20-39-33(34(38)45)35(42-31)40-26-15-16-27(36(46)48-21-24-11-7-5-8-12-24)28(19-26)37(47)49-22-25-13-9-6-10-14-25/h4-16,19-20,23,29-30H,1,17-18,21-22H2,2-3H3,(H2,38,45)(H,40,42)(H,41,44)/t23-,29?,30+/m0/s1. The lowest BCUT2D eigenvalue weighted by molar-refractivity contribution is -0.117. The monoisotopic (exact) mass is 662 g/mol. The average molecular weight is 663 g/mol. The van der Waals surface area contributed by atoms with Gasteiger partial charge in [-0.15, -0.1) is 0 Å². The molecule has 0 aliphatic heterocycles. The normalized spacial score (nSPS) is 16.7. The smallest absolute Gasteiger partial charge is 0.339 e. The minimum atomic E-state index is -0.811. The first-order valence-corrected chi connectivity index (χ1v) is 15.8. The summed E-state index contributed by atoms with van der Waals surface area (Å²) in [6, 6.07) is 22.7. The maximum absolute atomic E-state index is 13.4. The number of amides is 2. The molecule has 3 aromatic carbocycles. The molecule has 2 amide bonds. The highest BCUT2D eigenvalue weighted by Crippen LogP contribution is 2.33. The zero-order valence-electron chi connectivity index (χ0n) is 27.3. The number of carbonyl (C=O) groups excluding carboxylic acids is 4. The number of ether oxygens (including phenoxy) is 2. The van der Waals surface area contributed by atoms with E-state index in [1.807, 2.05) is 72.6 Å². The van der Waals surface area contributed by atoms with E-state index in [0.29, 0.717) is 11.5 Å². The minimum absolute atomic E-state index is 0.00237. The summed E-state index contributed by atoms with van der Waals surface area (Å²) in [5.74, 6) is -1.89. The number of nitrogens with two attached hydrogens (primary N) is 1. The molecule has 49 heavy (non-hydrogen) atoms. The average Bonchev–Trinajstić information content (AvgIpc) is 3.48. The predicted molar refractivity (Wildman–Crippen MR) is 184 cm³/mol. The van der Waals surface area contributed by atoms with Gasteiger partial charge in [0, 0.05) is 24.8 Å². The largest absolute Gasteiger partial charge is 0.457 e. The second kappa shape index (κ2) is 15.7. The molecule has 12 heteroatoms. The third kappa shape index (κ3) is 8.47. The van der Waals surface area contributed by atoms with Gasteiger partial charge >= 0.3 is 11.9 Å². The van der Waals surface area contributed by atoms with Crippen LogP contribution in [0.1, 0.15) is 62.1 Å². The second-order valence-corrected chi connectivity index (χ2v) is 11.7. The molecule has 0 saturated heterocycles. The summed E-state index contributed by atoms with van der Waals surface area (Å²) < 4.78 is 11.1. The lowest BCUT2D eigenvalue weighted by atomic mass is 10.0. The number of benzene rings is 3. The molecule has 3 atom stereocenters. The highest BCUT2D eigenvalue weighted by Gasteiger charge is 2.36. The van der Waals surface area contributed by atoms with Crippen molar-refractivity contribution in [1.29, 1.82) is 0 Å². The predicted octanol–water partition coefficient (Wildman–Crippen LogP) is 4.94. The third-order valence-electron chi connectivity index (χ3n) is 8.53. The van der Waals surface area contributed by atoms with E-state index in [4.69, 9.17) is 15.2 Å². The fourth-order valence-corrected chi connectivity index (χ4v) is 5.83. The summed E-state index contributed by atoms with van der Waals surface area (Å²) in [5, 5.41) is 6.04. The van der Waals surface area contributed by atoms with Crippen molar-refractivity contribution in [1.82, 2.24) is 15.3 Å². The Morgan fingerprint density at radius 1 is 0.918 bits per heavy atom. The molecule has 1 heterocycles. The molecule has 1 unspecified atom stereocenters. The third-order valence-corrected chi connectivity index (χ3v) is 8.53. The molecule has 1 aliphatic carbocycles. The molecule has 4 N–H and O–H groups in total. The van der Waals surface area contributed by atoms with E-state index < -0.39 is 17.8 Å². The van der Waals surface area contributed by atoms with Crippen LogP contribution in [0.25, 0.3) is 0 Å². The number of hydrogen-bond donors (Lipinski definition) is 3. The van der Waals surface area contributed by atoms with E-state index in [0.717, 1.165) is 24.0 Å². The fourth-order valence-electron chi connectivity index (χ4n) is 5.83. The van der Waals surface area contributed by atoms with E-state index in [1.54, 1.807) is 6.07 Å². The van der Waals surface area contributed by atoms with Gasteiger partial charge in [-0.2, -0.15) is 0 Å². The van der Waals surface area contributed by atoms with Crippen molar-refractivity contribution in [2.24, 2.45) is 11.7 Å². The summed E-state index contributed by atoms with van der Waals surface area (Å²) in [5.41, 5.74) is 7.37. The first-order chi connectivity index (χ1) is 23.6. The Bertz CT molecular complexity index is 1830. The Hall–Kier alpha value is -6.04. The lowest BCUT2D eigenvalue weighted by Gasteiger charge is -2.31. The second-order valence-electron chi connectivity index (χ2n) is 11.7. The number of anilines is 3. The molecule has 12 nitrogen and oxygen atoms in total. The first kappa shape index (κ1) is 34.3. The Labute approximate surface area is 284 Å². The Morgan fingerprint density at radius 2 is 1.53 bits per heavy atom. The van der Waals surface area contributed by atoms with Crippen LogP contribution >= 0.6 is 0 Å². The molecular formula is C37H38N6O6. The van der Waals surface area contributed by atoms with Gasteiger partial charge < -0.3 is 30.7 Å². The van der Waals surface area contributed by atoms with Gasteiger partial charge in [-0.05, 0) is 54.2 Å². The van der Waals surface area contributed by atoms with Crippen molar-refractivity contribution in [2.45, 2.75) is 45.1 Å². The van der Waals surface area contributed by atoms with Crippen molar-refractivity contribution in [3.63, 3.8) is 0 Å². The summed E-state index contributed by atoms with van der Waals surface area (Å²) in [6.45, 7) is 5.58. The van der Waals surface area contributed by atoms with Crippen molar-refractivity contribution in [3.05, 3.63) is 126 Å². The number of esters is 2. The van der Waals surface area contributed by atoms with Gasteiger partial charge in [0.25, 0.3) is 5.91 Å². The van der Waals surface area contributed by atoms with Crippen molar-refractivity contribution < 1.29 is 28.7 Å². The molecular weight excluding hydrogens is 624 g/mol. The highest BCUT2D eigenvalue weighted by atomic mass is 16.5. The van der Waals surface area contributed by atoms with E-state index in [1.165, 1.54) is 24.4 Å². The lowest BCUT2D eigenvalue weighted by Crippen LogP contribution is -2.42. The molecule has 252 valence electrons. The number of nitrogens with one attached hydrogen (secondary N) is 2. The van der Waals surface area contributed by atoms with Crippen LogP contribution in [0.2, 0.25) is 0 Å². The zero-order chi connectivity index (χ0) is 34.9. The van der Waals surface area contributed by atoms with Crippen LogP contribution in [0.15, 0.2) is 97.7 Å². The molecule has 1 aromatic heterocycles. The summed E-state index contributed by atoms with van der Waals surface area (Å²) >= 11 is 0. The molecule has 0 spiro atoms. The molecule has 1 aliphatic rings. The van der Waals surface area contributed by atoms with Gasteiger partial charge in [-0.1, -0.05) is 74.2 Å². The topological polar surface area (TPSA) is 166 Å². The van der Waals surface area contributed by atoms with Crippen LogP contribution in [0.4, 0.5) is 17.3 Å². The number of hydrogen-bond acceptors (Lipinski definition) is 10. The van der Waals surface area contributed by atoms with E-state index >= 15 is 0 Å². The highest BCUT2D eigenvalue weighted by molar-refractivity contribution is 6.04. The molecule has 0 radical (unpaired) electrons. The Morgan fingerprint density at radius 3 is 2.12 bits per heavy atom. The molecule has 1 fully saturated rings. The van der Waals surface area contributed by atoms with Crippen LogP contribution in [0.3, 0.4) is 0 Å². The fraction of sp³-hybridized carbons (Fsp3) is 0.243. The SMILES string of the molecule is C=CC(=O)NC1CC[C@@H](N(C)c2cnc(C(N)=O)c(Nc3ccc(C(=O)OCc4ccccc4)c(C(=O)OCc4ccccc4)c3)n2)[C@H]1C. The quantitative estimate of drug-likeness (QED) is 0.132. The van der Waals surface area contributed by atoms with Crippen LogP contribution in [0.5, 0.6) is 0 Å². The van der Waals surface area contributed by atoms with Gasteiger partial charge in [0.1, 0.15) is 19.0 Å². The number of aromatic nitrogens is 2. The van der Waals surface area contributed by atoms with Crippen molar-refractivity contribution >= 4 is 41.1 Å². The summed E-state index contributed by atoms with van der Waals surface area (Å²) in [7, 11) is 1.87. The minimum Gasteiger partial charge on any atom is -0.457 e. The number of rotatable bonds is 13. The first-order valence-electron chi connectivity index (χ1n) is 15.8. The van der Waals surface area contributed by atoms with Crippen LogP contribution in [-0.4, -0.2) is 52.9 Å². The molecule has 0 bridgehead atoms. The van der Waals surface area contributed by atoms with Crippen LogP contribution in [0, 0.1) is 5.92 Å². The number of nitrogens with zero attached hydrogens (tertiary/aromatic N) is 3. The maximum atomic E-state index is 13.4. The molecule has 5 rings (SSSR count). The maximum Gasteiger partial charge on any atom is 0.339 e. The van der Waals surface area contributed by atoms with Crippen LogP contribution in [-0.2, 0) is 27.5 Å². The van der Waals surface area contributed by atoms with Gasteiger partial charge in [0.2, 0.25) is 5.91 Å². The van der Waals surface area contributed by atoms with Crippen molar-refractivity contribution in [3.8, 4) is 0 Å². The van der Waals surface area contributed by atoms with Gasteiger partial charge in [-0.3, -0.25) is 9.59 Å². The number of carbonyl (C=O) groups is 4. The Balaban J connectivity index is 1.41. The van der Waals surface area contributed by atoms with Gasteiger partial charge in [-0.25, -0.2) is 19.6 Å². The van der Waals surface area contributed by atoms with E-state index in [-0.39, 0.29) is 59.8 Å². The van der Waals surface area contributed by atoms with Crippen molar-refractivity contribution in [2.75, 3.05) is 17.3 Å². The Kier molecular flexibility index (Phi) is 11.0. The summed E-state index contributed by atoms with van der Waals surface area (Å²) in [4.78, 5) is 61.9. The molecule has 4 aromatic rings.